The number of fused-ring (bicyclic) bond motifs is 1. The summed E-state index contributed by atoms with van der Waals surface area (Å²) >= 11 is 13.1. The predicted molar refractivity (Wildman–Crippen MR) is 81.0 cm³/mol. The third-order valence-electron chi connectivity index (χ3n) is 2.43. The summed E-state index contributed by atoms with van der Waals surface area (Å²) in [6, 6.07) is 5.06. The molecule has 0 aliphatic rings. The van der Waals surface area contributed by atoms with Gasteiger partial charge in [-0.05, 0) is 12.1 Å². The van der Waals surface area contributed by atoms with E-state index in [1.165, 1.54) is 6.92 Å². The van der Waals surface area contributed by atoms with Crippen LogP contribution in [0, 0.1) is 0 Å². The zero-order valence-electron chi connectivity index (χ0n) is 10.7. The molecule has 0 fully saturated rings. The fourth-order valence-corrected chi connectivity index (χ4v) is 3.28. The highest BCUT2D eigenvalue weighted by molar-refractivity contribution is 7.21. The van der Waals surface area contributed by atoms with Crippen molar-refractivity contribution in [3.05, 3.63) is 33.1 Å². The molecule has 2 aromatic rings. The fraction of sp³-hybridized carbons (Fsp3) is 0.154. The van der Waals surface area contributed by atoms with Crippen LogP contribution in [0.25, 0.3) is 10.1 Å². The van der Waals surface area contributed by atoms with Crippen LogP contribution in [0.15, 0.2) is 18.2 Å². The lowest BCUT2D eigenvalue weighted by atomic mass is 10.2. The number of carbonyl (C=O) groups excluding carboxylic acids is 3. The van der Waals surface area contributed by atoms with Gasteiger partial charge < -0.3 is 4.74 Å². The van der Waals surface area contributed by atoms with E-state index >= 15 is 0 Å². The predicted octanol–water partition coefficient (Wildman–Crippen LogP) is 3.03. The molecule has 0 aliphatic heterocycles. The van der Waals surface area contributed by atoms with Crippen LogP contribution in [-0.2, 0) is 14.3 Å². The fourth-order valence-electron chi connectivity index (χ4n) is 1.60. The molecular weight excluding hydrogens is 337 g/mol. The van der Waals surface area contributed by atoms with Crippen molar-refractivity contribution >= 4 is 62.4 Å². The average molecular weight is 346 g/mol. The Morgan fingerprint density at radius 1 is 1.29 bits per heavy atom. The molecular formula is C13H9Cl2NO4S. The van der Waals surface area contributed by atoms with Gasteiger partial charge in [-0.2, -0.15) is 0 Å². The van der Waals surface area contributed by atoms with E-state index < -0.39 is 24.4 Å². The van der Waals surface area contributed by atoms with Crippen molar-refractivity contribution in [3.8, 4) is 0 Å². The highest BCUT2D eigenvalue weighted by Crippen LogP contribution is 2.37. The highest BCUT2D eigenvalue weighted by atomic mass is 35.5. The number of halogens is 2. The normalized spacial score (nSPS) is 10.4. The molecule has 8 heteroatoms. The molecule has 2 amide bonds. The number of benzene rings is 1. The molecule has 0 saturated carbocycles. The molecule has 0 atom stereocenters. The lowest BCUT2D eigenvalue weighted by Gasteiger charge is -2.03. The lowest BCUT2D eigenvalue weighted by molar-refractivity contribution is -0.131. The van der Waals surface area contributed by atoms with Crippen molar-refractivity contribution < 1.29 is 19.1 Å². The van der Waals surface area contributed by atoms with Crippen LogP contribution in [0.2, 0.25) is 10.0 Å². The topological polar surface area (TPSA) is 72.5 Å². The third kappa shape index (κ3) is 3.72. The van der Waals surface area contributed by atoms with E-state index in [2.05, 4.69) is 0 Å². The Hall–Kier alpha value is -1.63. The first-order valence-corrected chi connectivity index (χ1v) is 7.31. The number of hydrogen-bond donors (Lipinski definition) is 1. The number of esters is 1. The first-order chi connectivity index (χ1) is 9.88. The van der Waals surface area contributed by atoms with E-state index in [-0.39, 0.29) is 9.90 Å². The van der Waals surface area contributed by atoms with Gasteiger partial charge in [0, 0.05) is 22.0 Å². The van der Waals surface area contributed by atoms with Crippen molar-refractivity contribution in [1.82, 2.24) is 5.32 Å². The second kappa shape index (κ2) is 6.43. The van der Waals surface area contributed by atoms with Crippen molar-refractivity contribution in [2.24, 2.45) is 0 Å². The molecule has 1 aromatic carbocycles. The van der Waals surface area contributed by atoms with Crippen LogP contribution < -0.4 is 5.32 Å². The Labute approximate surface area is 133 Å². The van der Waals surface area contributed by atoms with E-state index in [1.807, 2.05) is 5.32 Å². The number of amides is 2. The molecule has 0 unspecified atom stereocenters. The van der Waals surface area contributed by atoms with Crippen LogP contribution in [0.5, 0.6) is 0 Å². The first kappa shape index (κ1) is 15.8. The Balaban J connectivity index is 2.14. The summed E-state index contributed by atoms with van der Waals surface area (Å²) < 4.78 is 5.56. The quantitative estimate of drug-likeness (QED) is 0.867. The molecule has 21 heavy (non-hydrogen) atoms. The van der Waals surface area contributed by atoms with Crippen molar-refractivity contribution in [3.63, 3.8) is 0 Å². The maximum atomic E-state index is 11.9. The molecule has 0 spiro atoms. The van der Waals surface area contributed by atoms with Gasteiger partial charge >= 0.3 is 5.97 Å². The van der Waals surface area contributed by atoms with Gasteiger partial charge in [-0.25, -0.2) is 4.79 Å². The van der Waals surface area contributed by atoms with Gasteiger partial charge in [0.05, 0.1) is 5.02 Å². The smallest absolute Gasteiger partial charge is 0.350 e. The lowest BCUT2D eigenvalue weighted by Crippen LogP contribution is -2.32. The van der Waals surface area contributed by atoms with Crippen LogP contribution in [0.3, 0.4) is 0 Å². The maximum absolute atomic E-state index is 11.9. The van der Waals surface area contributed by atoms with Crippen LogP contribution >= 0.6 is 34.5 Å². The van der Waals surface area contributed by atoms with E-state index in [4.69, 9.17) is 27.9 Å². The van der Waals surface area contributed by atoms with E-state index in [0.29, 0.717) is 10.4 Å². The van der Waals surface area contributed by atoms with Crippen LogP contribution in [-0.4, -0.2) is 24.4 Å². The highest BCUT2D eigenvalue weighted by Gasteiger charge is 2.19. The molecule has 1 heterocycles. The third-order valence-corrected chi connectivity index (χ3v) is 4.30. The maximum Gasteiger partial charge on any atom is 0.350 e. The molecule has 2 rings (SSSR count). The molecule has 0 saturated heterocycles. The zero-order chi connectivity index (χ0) is 15.6. The summed E-state index contributed by atoms with van der Waals surface area (Å²) in [5.74, 6) is -1.95. The van der Waals surface area contributed by atoms with Crippen molar-refractivity contribution in [2.75, 3.05) is 6.61 Å². The van der Waals surface area contributed by atoms with E-state index in [0.717, 1.165) is 16.0 Å². The number of thiophene rings is 1. The number of ether oxygens (including phenoxy) is 1. The van der Waals surface area contributed by atoms with Crippen LogP contribution in [0.4, 0.5) is 0 Å². The molecule has 0 bridgehead atoms. The summed E-state index contributed by atoms with van der Waals surface area (Å²) in [6.45, 7) is 0.635. The monoisotopic (exact) mass is 345 g/mol. The van der Waals surface area contributed by atoms with E-state index in [9.17, 15) is 14.4 Å². The Bertz CT molecular complexity index is 741. The van der Waals surface area contributed by atoms with Crippen molar-refractivity contribution in [1.29, 1.82) is 0 Å². The molecule has 1 aromatic heterocycles. The minimum atomic E-state index is -0.726. The van der Waals surface area contributed by atoms with Gasteiger partial charge in [-0.1, -0.05) is 29.3 Å². The molecule has 0 aliphatic carbocycles. The Kier molecular flexibility index (Phi) is 4.82. The van der Waals surface area contributed by atoms with Gasteiger partial charge in [0.2, 0.25) is 5.91 Å². The number of carbonyl (C=O) groups is 3. The summed E-state index contributed by atoms with van der Waals surface area (Å²) in [5.41, 5.74) is 0. The average Bonchev–Trinajstić information content (AvgIpc) is 2.72. The molecule has 0 radical (unpaired) electrons. The van der Waals surface area contributed by atoms with Gasteiger partial charge in [0.25, 0.3) is 5.91 Å². The van der Waals surface area contributed by atoms with Gasteiger partial charge in [0.15, 0.2) is 6.61 Å². The number of rotatable bonds is 3. The summed E-state index contributed by atoms with van der Waals surface area (Å²) in [5, 5.41) is 3.46. The summed E-state index contributed by atoms with van der Waals surface area (Å²) in [4.78, 5) is 34.0. The minimum Gasteiger partial charge on any atom is -0.451 e. The van der Waals surface area contributed by atoms with Gasteiger partial charge in [-0.3, -0.25) is 14.9 Å². The number of nitrogens with one attached hydrogen (secondary N) is 1. The largest absolute Gasteiger partial charge is 0.451 e. The summed E-state index contributed by atoms with van der Waals surface area (Å²) in [7, 11) is 0. The molecule has 1 N–H and O–H groups in total. The second-order valence-corrected chi connectivity index (χ2v) is 5.93. The van der Waals surface area contributed by atoms with Crippen molar-refractivity contribution in [2.45, 2.75) is 6.92 Å². The summed E-state index contributed by atoms with van der Waals surface area (Å²) in [6.07, 6.45) is 0. The SMILES string of the molecule is CC(=O)NC(=O)COC(=O)c1sc2cc(Cl)ccc2c1Cl. The zero-order valence-corrected chi connectivity index (χ0v) is 13.1. The number of imide groups is 1. The van der Waals surface area contributed by atoms with Crippen LogP contribution in [0.1, 0.15) is 16.6 Å². The first-order valence-electron chi connectivity index (χ1n) is 5.73. The standard InChI is InChI=1S/C13H9Cl2NO4S/c1-6(17)16-10(18)5-20-13(19)12-11(15)8-3-2-7(14)4-9(8)21-12/h2-4H,5H2,1H3,(H,16,17,18). The van der Waals surface area contributed by atoms with Gasteiger partial charge in [0.1, 0.15) is 4.88 Å². The van der Waals surface area contributed by atoms with Gasteiger partial charge in [-0.15, -0.1) is 11.3 Å². The molecule has 5 nitrogen and oxygen atoms in total. The number of hydrogen-bond acceptors (Lipinski definition) is 5. The van der Waals surface area contributed by atoms with E-state index in [1.54, 1.807) is 18.2 Å². The molecule has 110 valence electrons. The minimum absolute atomic E-state index is 0.185. The second-order valence-electron chi connectivity index (χ2n) is 4.07. The Morgan fingerprint density at radius 2 is 2.00 bits per heavy atom. The Morgan fingerprint density at radius 3 is 2.67 bits per heavy atom.